The molecule has 12 nitrogen and oxygen atoms in total. The fourth-order valence-electron chi connectivity index (χ4n) is 3.07. The Labute approximate surface area is 179 Å². The predicted molar refractivity (Wildman–Crippen MR) is 108 cm³/mol. The number of aliphatic carboxylic acids is 1. The third-order valence-electron chi connectivity index (χ3n) is 4.71. The molecule has 1 aromatic rings. The van der Waals surface area contributed by atoms with Gasteiger partial charge in [-0.2, -0.15) is 0 Å². The smallest absolute Gasteiger partial charge is 0.407 e. The number of carboxylic acids is 1. The monoisotopic (exact) mass is 437 g/mol. The van der Waals surface area contributed by atoms with Gasteiger partial charge in [0.05, 0.1) is 18.7 Å². The van der Waals surface area contributed by atoms with E-state index in [1.54, 1.807) is 25.3 Å². The molecule has 5 N–H and O–H groups in total. The van der Waals surface area contributed by atoms with Crippen LogP contribution in [0.25, 0.3) is 0 Å². The van der Waals surface area contributed by atoms with Crippen molar-refractivity contribution in [2.75, 3.05) is 31.6 Å². The van der Waals surface area contributed by atoms with Crippen molar-refractivity contribution in [2.45, 2.75) is 38.0 Å². The van der Waals surface area contributed by atoms with Crippen LogP contribution < -0.4 is 16.0 Å². The molecule has 2 rings (SSSR count). The molecule has 1 saturated heterocycles. The second kappa shape index (κ2) is 11.7. The van der Waals surface area contributed by atoms with Gasteiger partial charge in [0.2, 0.25) is 11.8 Å². The van der Waals surface area contributed by atoms with E-state index in [0.29, 0.717) is 18.8 Å². The summed E-state index contributed by atoms with van der Waals surface area (Å²) in [5.74, 6) is -1.64. The van der Waals surface area contributed by atoms with Gasteiger partial charge in [-0.05, 0) is 18.6 Å². The molecule has 0 aromatic carbocycles. The van der Waals surface area contributed by atoms with Gasteiger partial charge >= 0.3 is 12.1 Å². The highest BCUT2D eigenvalue weighted by Crippen LogP contribution is 2.21. The van der Waals surface area contributed by atoms with Crippen molar-refractivity contribution >= 4 is 29.7 Å². The summed E-state index contributed by atoms with van der Waals surface area (Å²) >= 11 is 0. The number of carbonyl (C=O) groups excluding carboxylic acids is 2. The van der Waals surface area contributed by atoms with E-state index in [9.17, 15) is 24.3 Å². The summed E-state index contributed by atoms with van der Waals surface area (Å²) in [5, 5.41) is 26.3. The largest absolute Gasteiger partial charge is 0.480 e. The summed E-state index contributed by atoms with van der Waals surface area (Å²) in [6.07, 6.45) is 0.577. The molecular formula is C19H27N5O7. The minimum Gasteiger partial charge on any atom is -0.480 e. The van der Waals surface area contributed by atoms with Crippen LogP contribution in [0.3, 0.4) is 0 Å². The number of amides is 3. The molecule has 170 valence electrons. The highest BCUT2D eigenvalue weighted by atomic mass is 16.5. The number of likely N-dealkylation sites (tertiary alicyclic amines) is 1. The van der Waals surface area contributed by atoms with Crippen LogP contribution in [0.2, 0.25) is 0 Å². The molecule has 0 spiro atoms. The number of rotatable bonds is 11. The Balaban J connectivity index is 1.78. The lowest BCUT2D eigenvalue weighted by Gasteiger charge is -2.21. The van der Waals surface area contributed by atoms with Crippen molar-refractivity contribution < 1.29 is 34.1 Å². The average molecular weight is 437 g/mol. The van der Waals surface area contributed by atoms with E-state index in [1.807, 2.05) is 6.07 Å². The normalized spacial score (nSPS) is 18.8. The maximum absolute atomic E-state index is 12.0. The molecule has 3 atom stereocenters. The number of hydrogen-bond acceptors (Lipinski definition) is 7. The van der Waals surface area contributed by atoms with Crippen molar-refractivity contribution in [3.63, 3.8) is 0 Å². The topological polar surface area (TPSA) is 170 Å². The summed E-state index contributed by atoms with van der Waals surface area (Å²) in [7, 11) is 0. The number of carbonyl (C=O) groups is 4. The quantitative estimate of drug-likeness (QED) is 0.312. The first-order valence-electron chi connectivity index (χ1n) is 9.85. The van der Waals surface area contributed by atoms with Gasteiger partial charge in [0, 0.05) is 25.7 Å². The maximum Gasteiger partial charge on any atom is 0.407 e. The van der Waals surface area contributed by atoms with Crippen LogP contribution in [0.4, 0.5) is 10.6 Å². The highest BCUT2D eigenvalue weighted by molar-refractivity contribution is 5.84. The standard InChI is InChI=1S/C19H27N5O7/c1-2-16(25)23-14(18(27)28)9-22-17(26)11-31-13-7-12(24(10-13)19(29)30)8-21-15-5-3-4-6-20-15/h3-6,12-14H,2,7-11H2,1H3,(H,20,21)(H,22,26)(H,23,25)(H,27,28)(H,29,30). The van der Waals surface area contributed by atoms with Crippen LogP contribution in [-0.4, -0.2) is 88.4 Å². The molecule has 0 aliphatic carbocycles. The second-order valence-electron chi connectivity index (χ2n) is 6.97. The zero-order chi connectivity index (χ0) is 22.8. The van der Waals surface area contributed by atoms with E-state index in [1.165, 1.54) is 4.90 Å². The summed E-state index contributed by atoms with van der Waals surface area (Å²) in [5.41, 5.74) is 0. The number of nitrogens with zero attached hydrogens (tertiary/aromatic N) is 2. The minimum atomic E-state index is -1.26. The molecule has 1 aromatic heterocycles. The first-order valence-corrected chi connectivity index (χ1v) is 9.85. The number of hydrogen-bond donors (Lipinski definition) is 5. The molecule has 31 heavy (non-hydrogen) atoms. The highest BCUT2D eigenvalue weighted by Gasteiger charge is 2.36. The first kappa shape index (κ1) is 23.9. The van der Waals surface area contributed by atoms with Crippen LogP contribution >= 0.6 is 0 Å². The molecule has 1 aliphatic heterocycles. The number of nitrogens with one attached hydrogen (secondary N) is 3. The van der Waals surface area contributed by atoms with E-state index in [0.717, 1.165) is 0 Å². The number of pyridine rings is 1. The lowest BCUT2D eigenvalue weighted by atomic mass is 10.2. The van der Waals surface area contributed by atoms with E-state index in [2.05, 4.69) is 20.9 Å². The number of aromatic nitrogens is 1. The number of carboxylic acid groups (broad SMARTS) is 2. The average Bonchev–Trinajstić information content (AvgIpc) is 3.17. The second-order valence-corrected chi connectivity index (χ2v) is 6.97. The molecule has 1 fully saturated rings. The third kappa shape index (κ3) is 7.74. The Morgan fingerprint density at radius 1 is 1.26 bits per heavy atom. The molecule has 0 radical (unpaired) electrons. The Morgan fingerprint density at radius 3 is 2.65 bits per heavy atom. The molecule has 12 heteroatoms. The van der Waals surface area contributed by atoms with Gasteiger partial charge in [0.15, 0.2) is 0 Å². The number of ether oxygens (including phenoxy) is 1. The summed E-state index contributed by atoms with van der Waals surface area (Å²) in [6, 6.07) is 3.76. The number of anilines is 1. The first-order chi connectivity index (χ1) is 14.8. The maximum atomic E-state index is 12.0. The Morgan fingerprint density at radius 2 is 2.03 bits per heavy atom. The van der Waals surface area contributed by atoms with Crippen LogP contribution in [0.5, 0.6) is 0 Å². The van der Waals surface area contributed by atoms with Crippen LogP contribution in [0, 0.1) is 0 Å². The van der Waals surface area contributed by atoms with Gasteiger partial charge in [-0.25, -0.2) is 14.6 Å². The lowest BCUT2D eigenvalue weighted by molar-refractivity contribution is -0.142. The Bertz CT molecular complexity index is 776. The fourth-order valence-corrected chi connectivity index (χ4v) is 3.07. The van der Waals surface area contributed by atoms with Crippen molar-refractivity contribution in [3.8, 4) is 0 Å². The summed E-state index contributed by atoms with van der Waals surface area (Å²) in [6.45, 7) is 1.40. The van der Waals surface area contributed by atoms with Gasteiger partial charge < -0.3 is 35.8 Å². The molecule has 0 bridgehead atoms. The van der Waals surface area contributed by atoms with Gasteiger partial charge in [-0.15, -0.1) is 0 Å². The SMILES string of the molecule is CCC(=O)NC(CNC(=O)COC1CC(CNc2ccccn2)N(C(=O)O)C1)C(=O)O. The molecule has 2 heterocycles. The molecular weight excluding hydrogens is 410 g/mol. The fraction of sp³-hybridized carbons (Fsp3) is 0.526. The van der Waals surface area contributed by atoms with E-state index in [-0.39, 0.29) is 32.2 Å². The minimum absolute atomic E-state index is 0.113. The Hall–Kier alpha value is -3.41. The lowest BCUT2D eigenvalue weighted by Crippen LogP contribution is -2.48. The van der Waals surface area contributed by atoms with Crippen molar-refractivity contribution in [1.82, 2.24) is 20.5 Å². The van der Waals surface area contributed by atoms with E-state index in [4.69, 9.17) is 9.84 Å². The van der Waals surface area contributed by atoms with Crippen LogP contribution in [0.15, 0.2) is 24.4 Å². The zero-order valence-electron chi connectivity index (χ0n) is 17.1. The van der Waals surface area contributed by atoms with Gasteiger partial charge in [-0.3, -0.25) is 9.59 Å². The Kier molecular flexibility index (Phi) is 9.00. The van der Waals surface area contributed by atoms with Crippen LogP contribution in [0.1, 0.15) is 19.8 Å². The van der Waals surface area contributed by atoms with E-state index < -0.39 is 36.0 Å². The zero-order valence-corrected chi connectivity index (χ0v) is 17.1. The summed E-state index contributed by atoms with van der Waals surface area (Å²) < 4.78 is 5.53. The van der Waals surface area contributed by atoms with E-state index >= 15 is 0 Å². The third-order valence-corrected chi connectivity index (χ3v) is 4.71. The molecule has 3 amide bonds. The summed E-state index contributed by atoms with van der Waals surface area (Å²) in [4.78, 5) is 51.4. The van der Waals surface area contributed by atoms with Crippen molar-refractivity contribution in [3.05, 3.63) is 24.4 Å². The predicted octanol–water partition coefficient (Wildman–Crippen LogP) is -0.273. The molecule has 1 aliphatic rings. The van der Waals surface area contributed by atoms with Crippen molar-refractivity contribution in [2.24, 2.45) is 0 Å². The van der Waals surface area contributed by atoms with Gasteiger partial charge in [-0.1, -0.05) is 13.0 Å². The molecule has 0 saturated carbocycles. The van der Waals surface area contributed by atoms with Gasteiger partial charge in [0.1, 0.15) is 18.5 Å². The van der Waals surface area contributed by atoms with Crippen molar-refractivity contribution in [1.29, 1.82) is 0 Å². The van der Waals surface area contributed by atoms with Crippen LogP contribution in [-0.2, 0) is 19.1 Å². The molecule has 3 unspecified atom stereocenters. The van der Waals surface area contributed by atoms with Gasteiger partial charge in [0.25, 0.3) is 0 Å².